The van der Waals surface area contributed by atoms with E-state index >= 15 is 0 Å². The van der Waals surface area contributed by atoms with Crippen molar-refractivity contribution in [1.29, 1.82) is 0 Å². The molecule has 0 fully saturated rings. The number of carbonyl (C=O) groups excluding carboxylic acids is 1. The van der Waals surface area contributed by atoms with Gasteiger partial charge in [-0.2, -0.15) is 0 Å². The Morgan fingerprint density at radius 2 is 2.08 bits per heavy atom. The zero-order chi connectivity index (χ0) is 9.64. The van der Waals surface area contributed by atoms with Crippen LogP contribution >= 0.6 is 0 Å². The summed E-state index contributed by atoms with van der Waals surface area (Å²) >= 11 is 1.28. The number of ketones is 1. The number of Topliss-reactive ketones (excluding diaryl/α,β-unsaturated/α-hetero) is 1. The Morgan fingerprint density at radius 3 is 2.69 bits per heavy atom. The molecule has 0 N–H and O–H groups in total. The normalized spacial score (nSPS) is 18.2. The standard InChI is InChI=1S/C10H9O2.Sn/c1-10(2)9(11)7-5-3-4-6-8(7)12-10;/h3-5H,1-2H3;. The zero-order valence-corrected chi connectivity index (χ0v) is 10.4. The fourth-order valence-corrected chi connectivity index (χ4v) is 2.26. The number of hydrogen-bond donors (Lipinski definition) is 0. The van der Waals surface area contributed by atoms with E-state index in [-0.39, 0.29) is 5.78 Å². The molecule has 1 heterocycles. The van der Waals surface area contributed by atoms with Gasteiger partial charge in [-0.3, -0.25) is 0 Å². The molecule has 0 spiro atoms. The molecule has 0 aromatic heterocycles. The molecule has 0 bridgehead atoms. The number of carbonyl (C=O) groups is 1. The van der Waals surface area contributed by atoms with E-state index in [1.165, 1.54) is 22.5 Å². The van der Waals surface area contributed by atoms with Gasteiger partial charge in [-0.25, -0.2) is 0 Å². The van der Waals surface area contributed by atoms with E-state index in [0.717, 1.165) is 14.9 Å². The van der Waals surface area contributed by atoms with Crippen LogP contribution in [-0.4, -0.2) is 33.9 Å². The third-order valence-electron chi connectivity index (χ3n) is 2.16. The van der Waals surface area contributed by atoms with E-state index in [1.54, 1.807) is 0 Å². The molecule has 3 heteroatoms. The van der Waals surface area contributed by atoms with Crippen LogP contribution in [0.5, 0.6) is 5.75 Å². The molecule has 2 rings (SSSR count). The number of benzene rings is 1. The summed E-state index contributed by atoms with van der Waals surface area (Å²) in [6.45, 7) is 3.62. The molecule has 1 aromatic carbocycles. The predicted octanol–water partition coefficient (Wildman–Crippen LogP) is 0.834. The molecule has 1 aliphatic rings. The first-order chi connectivity index (χ1) is 6.02. The van der Waals surface area contributed by atoms with E-state index in [0.29, 0.717) is 0 Å². The summed E-state index contributed by atoms with van der Waals surface area (Å²) in [5.41, 5.74) is 0.0638. The quantitative estimate of drug-likeness (QED) is 0.658. The van der Waals surface area contributed by atoms with E-state index < -0.39 is 5.60 Å². The minimum absolute atomic E-state index is 0.0896. The minimum atomic E-state index is -0.672. The molecule has 65 valence electrons. The second kappa shape index (κ2) is 2.74. The van der Waals surface area contributed by atoms with Crippen molar-refractivity contribution in [2.45, 2.75) is 19.4 Å². The van der Waals surface area contributed by atoms with Crippen molar-refractivity contribution in [2.75, 3.05) is 0 Å². The van der Waals surface area contributed by atoms with E-state index in [1.807, 2.05) is 32.0 Å². The van der Waals surface area contributed by atoms with Gasteiger partial charge in [0, 0.05) is 0 Å². The monoisotopic (exact) mass is 281 g/mol. The predicted molar refractivity (Wildman–Crippen MR) is 50.9 cm³/mol. The van der Waals surface area contributed by atoms with Crippen LogP contribution in [0.25, 0.3) is 0 Å². The number of hydrogen-bond acceptors (Lipinski definition) is 2. The molecule has 0 aliphatic carbocycles. The Morgan fingerprint density at radius 1 is 1.38 bits per heavy atom. The van der Waals surface area contributed by atoms with Crippen molar-refractivity contribution < 1.29 is 9.53 Å². The Bertz CT molecular complexity index is 383. The second-order valence-corrected chi connectivity index (χ2v) is 5.16. The van der Waals surface area contributed by atoms with Gasteiger partial charge < -0.3 is 0 Å². The van der Waals surface area contributed by atoms with Gasteiger partial charge in [-0.1, -0.05) is 0 Å². The van der Waals surface area contributed by atoms with Gasteiger partial charge in [0.25, 0.3) is 0 Å². The number of fused-ring (bicyclic) bond motifs is 1. The molecule has 0 saturated carbocycles. The summed E-state index contributed by atoms with van der Waals surface area (Å²) in [6, 6.07) is 5.73. The molecule has 0 saturated heterocycles. The molecule has 0 unspecified atom stereocenters. The van der Waals surface area contributed by atoms with Crippen molar-refractivity contribution >= 4 is 31.9 Å². The van der Waals surface area contributed by atoms with Crippen LogP contribution in [0.1, 0.15) is 24.2 Å². The molecular weight excluding hydrogens is 271 g/mol. The molecular formula is C10H9O2Sn. The van der Waals surface area contributed by atoms with Crippen LogP contribution in [0.2, 0.25) is 0 Å². The van der Waals surface area contributed by atoms with Crippen LogP contribution < -0.4 is 8.32 Å². The summed E-state index contributed by atoms with van der Waals surface area (Å²) in [5.74, 6) is 0.877. The van der Waals surface area contributed by atoms with Gasteiger partial charge in [0.1, 0.15) is 0 Å². The van der Waals surface area contributed by atoms with E-state index in [2.05, 4.69) is 0 Å². The van der Waals surface area contributed by atoms with E-state index in [4.69, 9.17) is 4.74 Å². The van der Waals surface area contributed by atoms with Gasteiger partial charge in [0.15, 0.2) is 0 Å². The van der Waals surface area contributed by atoms with Gasteiger partial charge >= 0.3 is 90.4 Å². The van der Waals surface area contributed by atoms with Crippen LogP contribution in [-0.2, 0) is 0 Å². The maximum atomic E-state index is 11.8. The Balaban J connectivity index is 2.63. The summed E-state index contributed by atoms with van der Waals surface area (Å²) in [5, 5.41) is 0. The van der Waals surface area contributed by atoms with Crippen molar-refractivity contribution in [3.05, 3.63) is 23.8 Å². The summed E-state index contributed by atoms with van der Waals surface area (Å²) in [7, 11) is 0. The Kier molecular flexibility index (Phi) is 1.91. The first-order valence-corrected chi connectivity index (χ1v) is 5.53. The van der Waals surface area contributed by atoms with Crippen LogP contribution in [0.4, 0.5) is 0 Å². The third kappa shape index (κ3) is 1.27. The van der Waals surface area contributed by atoms with Gasteiger partial charge in [-0.15, -0.1) is 0 Å². The molecule has 1 aliphatic heterocycles. The van der Waals surface area contributed by atoms with Gasteiger partial charge in [-0.05, 0) is 0 Å². The topological polar surface area (TPSA) is 26.3 Å². The van der Waals surface area contributed by atoms with E-state index in [9.17, 15) is 4.79 Å². The molecule has 13 heavy (non-hydrogen) atoms. The number of ether oxygens (including phenoxy) is 1. The van der Waals surface area contributed by atoms with Crippen LogP contribution in [0.3, 0.4) is 0 Å². The van der Waals surface area contributed by atoms with Crippen molar-refractivity contribution in [1.82, 2.24) is 0 Å². The van der Waals surface area contributed by atoms with Crippen LogP contribution in [0, 0.1) is 0 Å². The fraction of sp³-hybridized carbons (Fsp3) is 0.300. The Labute approximate surface area is 90.4 Å². The van der Waals surface area contributed by atoms with Crippen molar-refractivity contribution in [3.63, 3.8) is 0 Å². The zero-order valence-electron chi connectivity index (χ0n) is 7.55. The summed E-state index contributed by atoms with van der Waals surface area (Å²) in [6.07, 6.45) is 0. The average Bonchev–Trinajstić information content (AvgIpc) is 2.28. The maximum absolute atomic E-state index is 11.8. The van der Waals surface area contributed by atoms with Crippen molar-refractivity contribution in [3.8, 4) is 5.75 Å². The molecule has 0 atom stereocenters. The summed E-state index contributed by atoms with van der Waals surface area (Å²) < 4.78 is 6.72. The second-order valence-electron chi connectivity index (χ2n) is 3.62. The van der Waals surface area contributed by atoms with Crippen LogP contribution in [0.15, 0.2) is 18.2 Å². The Hall–Kier alpha value is -0.511. The third-order valence-corrected chi connectivity index (χ3v) is 3.29. The first kappa shape index (κ1) is 9.06. The molecule has 0 amide bonds. The average molecular weight is 280 g/mol. The molecule has 3 radical (unpaired) electrons. The molecule has 2 nitrogen and oxygen atoms in total. The fourth-order valence-electron chi connectivity index (χ4n) is 1.45. The van der Waals surface area contributed by atoms with Crippen molar-refractivity contribution in [2.24, 2.45) is 0 Å². The number of rotatable bonds is 0. The first-order valence-electron chi connectivity index (χ1n) is 4.11. The summed E-state index contributed by atoms with van der Waals surface area (Å²) in [4.78, 5) is 11.8. The van der Waals surface area contributed by atoms with Gasteiger partial charge in [0.05, 0.1) is 0 Å². The SMILES string of the molecule is CC1(C)Oc2[c]([Sn])cccc2C1=O. The van der Waals surface area contributed by atoms with Gasteiger partial charge in [0.2, 0.25) is 0 Å². The number of para-hydroxylation sites is 1. The molecule has 1 aromatic rings.